The molecule has 0 amide bonds. The van der Waals surface area contributed by atoms with E-state index in [0.717, 1.165) is 26.9 Å². The van der Waals surface area contributed by atoms with Crippen molar-refractivity contribution in [2.24, 2.45) is 4.99 Å². The Kier molecular flexibility index (Phi) is 6.09. The molecular formula is C23H19BrClN3O3. The number of rotatable bonds is 4. The molecular weight excluding hydrogens is 482 g/mol. The second-order valence-corrected chi connectivity index (χ2v) is 8.76. The largest absolute Gasteiger partial charge is 0.508 e. The molecule has 8 heteroatoms. The van der Waals surface area contributed by atoms with Gasteiger partial charge in [-0.1, -0.05) is 63.4 Å². The first-order valence-corrected chi connectivity index (χ1v) is 10.8. The second kappa shape index (κ2) is 8.78. The Hall–Kier alpha value is -2.74. The van der Waals surface area contributed by atoms with Crippen molar-refractivity contribution < 1.29 is 10.0 Å². The first-order valence-electron chi connectivity index (χ1n) is 9.64. The molecule has 0 saturated heterocycles. The van der Waals surface area contributed by atoms with E-state index in [1.807, 2.05) is 37.3 Å². The molecule has 0 aliphatic carbocycles. The summed E-state index contributed by atoms with van der Waals surface area (Å²) in [6, 6.07) is 17.8. The van der Waals surface area contributed by atoms with E-state index in [2.05, 4.69) is 21.2 Å². The summed E-state index contributed by atoms with van der Waals surface area (Å²) < 4.78 is 0.847. The maximum Gasteiger partial charge on any atom is 0.288 e. The molecule has 0 saturated carbocycles. The van der Waals surface area contributed by atoms with E-state index in [1.165, 1.54) is 12.1 Å². The minimum Gasteiger partial charge on any atom is -0.508 e. The SMILES string of the molecule is Cc1ccc(C2=N[C@@H](c3ccc(Cl)c([N+](=O)[O-])c3)N[C@@H](c3cc(Br)ccc3O)C2)cc1. The minimum atomic E-state index is -0.538. The number of aliphatic imine (C=N–C) groups is 1. The number of nitrogens with zero attached hydrogens (tertiary/aromatic N) is 2. The van der Waals surface area contributed by atoms with Crippen molar-refractivity contribution in [2.75, 3.05) is 0 Å². The van der Waals surface area contributed by atoms with E-state index in [9.17, 15) is 15.2 Å². The summed E-state index contributed by atoms with van der Waals surface area (Å²) in [5, 5.41) is 25.3. The Morgan fingerprint density at radius 3 is 2.61 bits per heavy atom. The van der Waals surface area contributed by atoms with E-state index < -0.39 is 11.1 Å². The van der Waals surface area contributed by atoms with Gasteiger partial charge in [-0.3, -0.25) is 20.4 Å². The van der Waals surface area contributed by atoms with Gasteiger partial charge in [-0.2, -0.15) is 0 Å². The van der Waals surface area contributed by atoms with Crippen LogP contribution >= 0.6 is 27.5 Å². The Balaban J connectivity index is 1.80. The zero-order chi connectivity index (χ0) is 22.1. The molecule has 0 spiro atoms. The minimum absolute atomic E-state index is 0.0773. The summed E-state index contributed by atoms with van der Waals surface area (Å²) in [6.07, 6.45) is 0.0172. The zero-order valence-corrected chi connectivity index (χ0v) is 18.9. The van der Waals surface area contributed by atoms with E-state index in [4.69, 9.17) is 16.6 Å². The van der Waals surface area contributed by atoms with Crippen LogP contribution in [0.1, 0.15) is 40.9 Å². The normalized spacial score (nSPS) is 18.5. The monoisotopic (exact) mass is 499 g/mol. The van der Waals surface area contributed by atoms with Crippen LogP contribution in [0.2, 0.25) is 5.02 Å². The molecule has 2 N–H and O–H groups in total. The number of nitro groups is 1. The third-order valence-corrected chi connectivity index (χ3v) is 6.09. The van der Waals surface area contributed by atoms with Gasteiger partial charge in [-0.15, -0.1) is 0 Å². The first kappa shape index (κ1) is 21.5. The highest BCUT2D eigenvalue weighted by molar-refractivity contribution is 9.10. The number of hydrogen-bond acceptors (Lipinski definition) is 5. The molecule has 1 aliphatic rings. The van der Waals surface area contributed by atoms with Gasteiger partial charge in [-0.05, 0) is 42.3 Å². The van der Waals surface area contributed by atoms with Crippen molar-refractivity contribution in [1.29, 1.82) is 0 Å². The smallest absolute Gasteiger partial charge is 0.288 e. The maximum absolute atomic E-state index is 11.4. The molecule has 3 aromatic rings. The fourth-order valence-corrected chi connectivity index (χ4v) is 4.21. The van der Waals surface area contributed by atoms with Crippen LogP contribution in [0.15, 0.2) is 70.1 Å². The number of phenolic OH excluding ortho intramolecular Hbond substituents is 1. The number of aromatic hydroxyl groups is 1. The van der Waals surface area contributed by atoms with Gasteiger partial charge in [0.15, 0.2) is 0 Å². The lowest BCUT2D eigenvalue weighted by Crippen LogP contribution is -2.33. The molecule has 1 aliphatic heterocycles. The van der Waals surface area contributed by atoms with Gasteiger partial charge in [0.25, 0.3) is 5.69 Å². The Bertz CT molecular complexity index is 1180. The molecule has 2 atom stereocenters. The van der Waals surface area contributed by atoms with Crippen LogP contribution in [0, 0.1) is 17.0 Å². The standard InChI is InChI=1S/C23H19BrClN3O3/c1-13-2-4-14(5-3-13)19-12-20(17-11-16(24)7-9-22(17)29)27-23(26-19)15-6-8-18(25)21(10-15)28(30)31/h2-11,20,23,27,29H,12H2,1H3/t20-,23-/m1/s1. The van der Waals surface area contributed by atoms with Gasteiger partial charge in [0.1, 0.15) is 16.9 Å². The van der Waals surface area contributed by atoms with E-state index >= 15 is 0 Å². The van der Waals surface area contributed by atoms with Crippen LogP contribution in [0.25, 0.3) is 0 Å². The third-order valence-electron chi connectivity index (χ3n) is 5.27. The summed E-state index contributed by atoms with van der Waals surface area (Å²) in [7, 11) is 0. The van der Waals surface area contributed by atoms with Crippen LogP contribution in [-0.4, -0.2) is 15.7 Å². The topological polar surface area (TPSA) is 87.8 Å². The van der Waals surface area contributed by atoms with Gasteiger partial charge in [-0.25, -0.2) is 0 Å². The summed E-state index contributed by atoms with van der Waals surface area (Å²) in [5.41, 5.74) is 4.15. The molecule has 3 aromatic carbocycles. The number of nitro benzene ring substituents is 1. The Labute approximate surface area is 192 Å². The molecule has 1 heterocycles. The molecule has 6 nitrogen and oxygen atoms in total. The van der Waals surface area contributed by atoms with E-state index in [1.54, 1.807) is 18.2 Å². The molecule has 0 radical (unpaired) electrons. The van der Waals surface area contributed by atoms with Crippen molar-refractivity contribution >= 4 is 38.9 Å². The van der Waals surface area contributed by atoms with Gasteiger partial charge in [0.2, 0.25) is 0 Å². The average Bonchev–Trinajstić information content (AvgIpc) is 2.75. The lowest BCUT2D eigenvalue weighted by atomic mass is 9.93. The average molecular weight is 501 g/mol. The quantitative estimate of drug-likeness (QED) is 0.327. The highest BCUT2D eigenvalue weighted by atomic mass is 79.9. The molecule has 31 heavy (non-hydrogen) atoms. The number of benzene rings is 3. The van der Waals surface area contributed by atoms with Crippen molar-refractivity contribution in [3.05, 3.63) is 103 Å². The fraction of sp³-hybridized carbons (Fsp3) is 0.174. The van der Waals surface area contributed by atoms with Crippen molar-refractivity contribution in [3.63, 3.8) is 0 Å². The predicted octanol–water partition coefficient (Wildman–Crippen LogP) is 6.25. The Morgan fingerprint density at radius 1 is 1.16 bits per heavy atom. The van der Waals surface area contributed by atoms with E-state index in [0.29, 0.717) is 12.0 Å². The van der Waals surface area contributed by atoms with Crippen LogP contribution in [0.5, 0.6) is 5.75 Å². The van der Waals surface area contributed by atoms with Crippen LogP contribution in [-0.2, 0) is 0 Å². The van der Waals surface area contributed by atoms with Crippen LogP contribution in [0.4, 0.5) is 5.69 Å². The van der Waals surface area contributed by atoms with E-state index in [-0.39, 0.29) is 22.5 Å². The third kappa shape index (κ3) is 4.63. The molecule has 0 fully saturated rings. The molecule has 158 valence electrons. The number of hydrogen-bond donors (Lipinski definition) is 2. The summed E-state index contributed by atoms with van der Waals surface area (Å²) in [4.78, 5) is 15.7. The zero-order valence-electron chi connectivity index (χ0n) is 16.5. The maximum atomic E-state index is 11.4. The lowest BCUT2D eigenvalue weighted by molar-refractivity contribution is -0.384. The second-order valence-electron chi connectivity index (χ2n) is 7.44. The highest BCUT2D eigenvalue weighted by Gasteiger charge is 2.29. The van der Waals surface area contributed by atoms with Crippen LogP contribution < -0.4 is 5.32 Å². The molecule has 0 bridgehead atoms. The molecule has 0 aromatic heterocycles. The van der Waals surface area contributed by atoms with Crippen molar-refractivity contribution in [3.8, 4) is 5.75 Å². The predicted molar refractivity (Wildman–Crippen MR) is 125 cm³/mol. The van der Waals surface area contributed by atoms with Gasteiger partial charge >= 0.3 is 0 Å². The van der Waals surface area contributed by atoms with Gasteiger partial charge in [0, 0.05) is 34.3 Å². The van der Waals surface area contributed by atoms with Gasteiger partial charge in [0.05, 0.1) is 4.92 Å². The summed E-state index contributed by atoms with van der Waals surface area (Å²) >= 11 is 9.46. The van der Waals surface area contributed by atoms with Crippen molar-refractivity contribution in [1.82, 2.24) is 5.32 Å². The number of phenols is 1. The first-order chi connectivity index (χ1) is 14.8. The summed E-state index contributed by atoms with van der Waals surface area (Å²) in [5.74, 6) is 0.173. The molecule has 0 unspecified atom stereocenters. The Morgan fingerprint density at radius 2 is 1.90 bits per heavy atom. The lowest BCUT2D eigenvalue weighted by Gasteiger charge is -2.31. The number of nitrogens with one attached hydrogen (secondary N) is 1. The van der Waals surface area contributed by atoms with Gasteiger partial charge < -0.3 is 5.11 Å². The number of aryl methyl sites for hydroxylation is 1. The highest BCUT2D eigenvalue weighted by Crippen LogP contribution is 2.37. The molecule has 4 rings (SSSR count). The van der Waals surface area contributed by atoms with Crippen LogP contribution in [0.3, 0.4) is 0 Å². The summed E-state index contributed by atoms with van der Waals surface area (Å²) in [6.45, 7) is 2.02. The van der Waals surface area contributed by atoms with Crippen molar-refractivity contribution in [2.45, 2.75) is 25.6 Å². The number of halogens is 2. The fourth-order valence-electron chi connectivity index (χ4n) is 3.64.